The molecular formula is C17H13IN2OS. The highest BCUT2D eigenvalue weighted by molar-refractivity contribution is 14.1. The Hall–Kier alpha value is -1.73. The number of halogens is 1. The summed E-state index contributed by atoms with van der Waals surface area (Å²) in [6.07, 6.45) is 1.77. The molecule has 110 valence electrons. The second-order valence-electron chi connectivity index (χ2n) is 4.80. The van der Waals surface area contributed by atoms with Gasteiger partial charge in [0.2, 0.25) is 0 Å². The molecule has 22 heavy (non-hydrogen) atoms. The number of thiophene rings is 1. The first kappa shape index (κ1) is 15.2. The van der Waals surface area contributed by atoms with Crippen LogP contribution in [0.2, 0.25) is 0 Å². The summed E-state index contributed by atoms with van der Waals surface area (Å²) in [4.78, 5) is 17.4. The van der Waals surface area contributed by atoms with Gasteiger partial charge in [0, 0.05) is 21.0 Å². The van der Waals surface area contributed by atoms with Gasteiger partial charge in [0.05, 0.1) is 10.6 Å². The summed E-state index contributed by atoms with van der Waals surface area (Å²) in [5.41, 5.74) is 3.69. The Labute approximate surface area is 146 Å². The number of benzene rings is 1. The van der Waals surface area contributed by atoms with Crippen molar-refractivity contribution in [1.29, 1.82) is 0 Å². The molecule has 0 bridgehead atoms. The SMILES string of the molecule is Cc1ccsc1C(=O)Nc1ccc(I)c(-c2ccccn2)c1. The van der Waals surface area contributed by atoms with Crippen LogP contribution in [0, 0.1) is 10.5 Å². The monoisotopic (exact) mass is 420 g/mol. The molecular weight excluding hydrogens is 407 g/mol. The summed E-state index contributed by atoms with van der Waals surface area (Å²) >= 11 is 3.73. The summed E-state index contributed by atoms with van der Waals surface area (Å²) in [6.45, 7) is 1.94. The van der Waals surface area contributed by atoms with Gasteiger partial charge < -0.3 is 5.32 Å². The largest absolute Gasteiger partial charge is 0.321 e. The molecule has 0 aliphatic carbocycles. The topological polar surface area (TPSA) is 42.0 Å². The lowest BCUT2D eigenvalue weighted by Crippen LogP contribution is -2.11. The van der Waals surface area contributed by atoms with Crippen LogP contribution in [0.1, 0.15) is 15.2 Å². The second kappa shape index (κ2) is 6.58. The number of rotatable bonds is 3. The van der Waals surface area contributed by atoms with Crippen LogP contribution in [0.4, 0.5) is 5.69 Å². The smallest absolute Gasteiger partial charge is 0.265 e. The Kier molecular flexibility index (Phi) is 4.54. The molecule has 5 heteroatoms. The summed E-state index contributed by atoms with van der Waals surface area (Å²) in [5.74, 6) is -0.0688. The highest BCUT2D eigenvalue weighted by Gasteiger charge is 2.12. The zero-order valence-corrected chi connectivity index (χ0v) is 14.8. The Morgan fingerprint density at radius 3 is 2.77 bits per heavy atom. The van der Waals surface area contributed by atoms with E-state index >= 15 is 0 Å². The quantitative estimate of drug-likeness (QED) is 0.608. The van der Waals surface area contributed by atoms with Gasteiger partial charge >= 0.3 is 0 Å². The van der Waals surface area contributed by atoms with Crippen molar-refractivity contribution in [2.45, 2.75) is 6.92 Å². The van der Waals surface area contributed by atoms with Crippen LogP contribution in [0.25, 0.3) is 11.3 Å². The second-order valence-corrected chi connectivity index (χ2v) is 6.87. The average Bonchev–Trinajstić information content (AvgIpc) is 2.96. The first-order valence-corrected chi connectivity index (χ1v) is 8.67. The molecule has 0 aliphatic rings. The van der Waals surface area contributed by atoms with Gasteiger partial charge in [0.1, 0.15) is 0 Å². The maximum absolute atomic E-state index is 12.3. The van der Waals surface area contributed by atoms with E-state index in [2.05, 4.69) is 32.9 Å². The minimum Gasteiger partial charge on any atom is -0.321 e. The van der Waals surface area contributed by atoms with Gasteiger partial charge in [-0.25, -0.2) is 0 Å². The first-order valence-electron chi connectivity index (χ1n) is 6.71. The Balaban J connectivity index is 1.90. The number of amides is 1. The maximum Gasteiger partial charge on any atom is 0.265 e. The molecule has 0 fully saturated rings. The number of pyridine rings is 1. The molecule has 0 spiro atoms. The van der Waals surface area contributed by atoms with Crippen LogP contribution in [-0.4, -0.2) is 10.9 Å². The Morgan fingerprint density at radius 2 is 2.09 bits per heavy atom. The van der Waals surface area contributed by atoms with E-state index in [0.29, 0.717) is 0 Å². The predicted molar refractivity (Wildman–Crippen MR) is 99.4 cm³/mol. The van der Waals surface area contributed by atoms with Gasteiger partial charge in [-0.05, 0) is 76.9 Å². The Bertz CT molecular complexity index is 815. The van der Waals surface area contributed by atoms with Crippen molar-refractivity contribution < 1.29 is 4.79 Å². The van der Waals surface area contributed by atoms with Crippen molar-refractivity contribution in [2.75, 3.05) is 5.32 Å². The number of aryl methyl sites for hydroxylation is 1. The molecule has 0 atom stereocenters. The molecule has 2 aromatic heterocycles. The van der Waals surface area contributed by atoms with Crippen LogP contribution in [0.3, 0.4) is 0 Å². The van der Waals surface area contributed by atoms with Crippen LogP contribution < -0.4 is 5.32 Å². The summed E-state index contributed by atoms with van der Waals surface area (Å²) in [5, 5.41) is 4.89. The lowest BCUT2D eigenvalue weighted by molar-refractivity contribution is 0.103. The summed E-state index contributed by atoms with van der Waals surface area (Å²) < 4.78 is 1.10. The number of carbonyl (C=O) groups excluding carboxylic acids is 1. The number of nitrogens with one attached hydrogen (secondary N) is 1. The van der Waals surface area contributed by atoms with Crippen LogP contribution in [-0.2, 0) is 0 Å². The van der Waals surface area contributed by atoms with Crippen LogP contribution in [0.5, 0.6) is 0 Å². The zero-order chi connectivity index (χ0) is 15.5. The number of hydrogen-bond donors (Lipinski definition) is 1. The predicted octanol–water partition coefficient (Wildman–Crippen LogP) is 4.98. The van der Waals surface area contributed by atoms with Crippen molar-refractivity contribution in [3.05, 3.63) is 68.1 Å². The third kappa shape index (κ3) is 3.20. The number of carbonyl (C=O) groups is 1. The van der Waals surface area contributed by atoms with E-state index in [0.717, 1.165) is 31.0 Å². The summed E-state index contributed by atoms with van der Waals surface area (Å²) in [7, 11) is 0. The summed E-state index contributed by atoms with van der Waals surface area (Å²) in [6, 6.07) is 13.6. The maximum atomic E-state index is 12.3. The minimum atomic E-state index is -0.0688. The fourth-order valence-electron chi connectivity index (χ4n) is 2.11. The van der Waals surface area contributed by atoms with Crippen molar-refractivity contribution in [3.63, 3.8) is 0 Å². The fraction of sp³-hybridized carbons (Fsp3) is 0.0588. The van der Waals surface area contributed by atoms with Gasteiger partial charge in [-0.2, -0.15) is 0 Å². The third-order valence-corrected chi connectivity index (χ3v) is 5.19. The van der Waals surface area contributed by atoms with Crippen molar-refractivity contribution in [2.24, 2.45) is 0 Å². The standard InChI is InChI=1S/C17H13IN2OS/c1-11-7-9-22-16(11)17(21)20-12-5-6-14(18)13(10-12)15-4-2-3-8-19-15/h2-10H,1H3,(H,20,21). The normalized spacial score (nSPS) is 10.5. The van der Waals surface area contributed by atoms with Crippen LogP contribution >= 0.6 is 33.9 Å². The van der Waals surface area contributed by atoms with Crippen LogP contribution in [0.15, 0.2) is 54.0 Å². The van der Waals surface area contributed by atoms with Gasteiger partial charge in [-0.15, -0.1) is 11.3 Å². The first-order chi connectivity index (χ1) is 10.6. The molecule has 3 aromatic rings. The Morgan fingerprint density at radius 1 is 1.23 bits per heavy atom. The molecule has 0 radical (unpaired) electrons. The molecule has 3 rings (SSSR count). The van der Waals surface area contributed by atoms with Crippen molar-refractivity contribution >= 4 is 45.5 Å². The van der Waals surface area contributed by atoms with Gasteiger partial charge in [0.25, 0.3) is 5.91 Å². The van der Waals surface area contributed by atoms with Gasteiger partial charge in [-0.3, -0.25) is 9.78 Å². The number of anilines is 1. The number of hydrogen-bond acceptors (Lipinski definition) is 3. The highest BCUT2D eigenvalue weighted by atomic mass is 127. The lowest BCUT2D eigenvalue weighted by Gasteiger charge is -2.09. The van der Waals surface area contributed by atoms with Gasteiger partial charge in [-0.1, -0.05) is 6.07 Å². The lowest BCUT2D eigenvalue weighted by atomic mass is 10.1. The molecule has 0 saturated carbocycles. The van der Waals surface area contributed by atoms with E-state index < -0.39 is 0 Å². The van der Waals surface area contributed by atoms with E-state index in [-0.39, 0.29) is 5.91 Å². The highest BCUT2D eigenvalue weighted by Crippen LogP contribution is 2.27. The molecule has 1 N–H and O–H groups in total. The molecule has 0 aliphatic heterocycles. The van der Waals surface area contributed by atoms with E-state index in [1.54, 1.807) is 6.20 Å². The number of nitrogens with zero attached hydrogens (tertiary/aromatic N) is 1. The van der Waals surface area contributed by atoms with E-state index in [9.17, 15) is 4.79 Å². The van der Waals surface area contributed by atoms with Gasteiger partial charge in [0.15, 0.2) is 0 Å². The van der Waals surface area contributed by atoms with E-state index in [4.69, 9.17) is 0 Å². The fourth-order valence-corrected chi connectivity index (χ4v) is 3.55. The molecule has 1 aromatic carbocycles. The van der Waals surface area contributed by atoms with E-state index in [1.807, 2.05) is 54.8 Å². The zero-order valence-electron chi connectivity index (χ0n) is 11.8. The average molecular weight is 420 g/mol. The van der Waals surface area contributed by atoms with Crippen molar-refractivity contribution in [3.8, 4) is 11.3 Å². The molecule has 3 nitrogen and oxygen atoms in total. The number of aromatic nitrogens is 1. The molecule has 0 saturated heterocycles. The minimum absolute atomic E-state index is 0.0688. The molecule has 2 heterocycles. The molecule has 0 unspecified atom stereocenters. The molecule has 1 amide bonds. The van der Waals surface area contributed by atoms with E-state index in [1.165, 1.54) is 11.3 Å². The van der Waals surface area contributed by atoms with Crippen molar-refractivity contribution in [1.82, 2.24) is 4.98 Å². The third-order valence-electron chi connectivity index (χ3n) is 3.23.